The Balaban J connectivity index is 0.000000148. The van der Waals surface area contributed by atoms with Gasteiger partial charge in [-0.25, -0.2) is 0 Å². The third-order valence-electron chi connectivity index (χ3n) is 12.9. The summed E-state index contributed by atoms with van der Waals surface area (Å²) in [6.07, 6.45) is 47.2. The molecule has 0 unspecified atom stereocenters. The van der Waals surface area contributed by atoms with Crippen LogP contribution in [-0.4, -0.2) is 38.6 Å². The zero-order valence-electron chi connectivity index (χ0n) is 30.3. The summed E-state index contributed by atoms with van der Waals surface area (Å²) in [6, 6.07) is 10.1. The molecule has 0 N–H and O–H groups in total. The van der Waals surface area contributed by atoms with Crippen molar-refractivity contribution < 1.29 is 15.7 Å². The topological polar surface area (TPSA) is 0 Å². The number of hydrogen-bond acceptors (Lipinski definition) is 0. The molecule has 0 heterocycles. The van der Waals surface area contributed by atoms with Crippen molar-refractivity contribution in [2.24, 2.45) is 0 Å². The van der Waals surface area contributed by atoms with E-state index in [9.17, 15) is 0 Å². The summed E-state index contributed by atoms with van der Waals surface area (Å²) in [5, 5.41) is 0. The molecule has 0 atom stereocenters. The zero-order chi connectivity index (χ0) is 32.4. The van der Waals surface area contributed by atoms with Crippen molar-refractivity contribution in [2.45, 2.75) is 227 Å². The van der Waals surface area contributed by atoms with Gasteiger partial charge in [-0.15, -0.1) is 0 Å². The van der Waals surface area contributed by atoms with E-state index in [0.717, 1.165) is 0 Å². The van der Waals surface area contributed by atoms with Crippen LogP contribution in [0.5, 0.6) is 0 Å². The SMILES string of the molecule is C1CCC(P(C2CCCCC2)C2CCCCC2)CC1.C1CCC(P(C2CCCCC2)C2CCCCC2)CC1.[Cl][Ru]=[CH]c1ccccc1. The van der Waals surface area contributed by atoms with E-state index in [1.54, 1.807) is 154 Å². The van der Waals surface area contributed by atoms with Crippen molar-refractivity contribution in [3.63, 3.8) is 0 Å². The van der Waals surface area contributed by atoms with Crippen LogP contribution in [0.2, 0.25) is 0 Å². The van der Waals surface area contributed by atoms with Crippen LogP contribution in [0.1, 0.15) is 198 Å². The Morgan fingerprint density at radius 2 is 0.617 bits per heavy atom. The van der Waals surface area contributed by atoms with Gasteiger partial charge in [0.25, 0.3) is 0 Å². The molecule has 6 saturated carbocycles. The zero-order valence-corrected chi connectivity index (χ0v) is 34.6. The first kappa shape index (κ1) is 39.1. The minimum atomic E-state index is -0.0765. The quantitative estimate of drug-likeness (QED) is 0.191. The predicted octanol–water partition coefficient (Wildman–Crippen LogP) is 15.0. The van der Waals surface area contributed by atoms with Gasteiger partial charge >= 0.3 is 65.9 Å². The van der Waals surface area contributed by atoms with Gasteiger partial charge in [-0.2, -0.15) is 0 Å². The van der Waals surface area contributed by atoms with Crippen LogP contribution >= 0.6 is 25.5 Å². The third-order valence-corrected chi connectivity index (χ3v) is 22.3. The van der Waals surface area contributed by atoms with E-state index in [1.165, 1.54) is 78.0 Å². The molecule has 0 bridgehead atoms. The van der Waals surface area contributed by atoms with Crippen molar-refractivity contribution in [3.05, 3.63) is 35.9 Å². The van der Waals surface area contributed by atoms with Gasteiger partial charge in [-0.1, -0.05) is 131 Å². The van der Waals surface area contributed by atoms with Crippen LogP contribution in [-0.2, 0) is 15.7 Å². The summed E-state index contributed by atoms with van der Waals surface area (Å²) in [7, 11) is 6.34. The van der Waals surface area contributed by atoms with Gasteiger partial charge in [-0.05, 0) is 111 Å². The summed E-state index contributed by atoms with van der Waals surface area (Å²) in [5.74, 6) is 0. The van der Waals surface area contributed by atoms with Crippen LogP contribution < -0.4 is 0 Å². The van der Waals surface area contributed by atoms with E-state index in [0.29, 0.717) is 15.8 Å². The molecule has 0 aromatic heterocycles. The van der Waals surface area contributed by atoms with E-state index in [2.05, 4.69) is 16.7 Å². The maximum absolute atomic E-state index is 5.57. The molecule has 0 radical (unpaired) electrons. The van der Waals surface area contributed by atoms with E-state index >= 15 is 0 Å². The molecule has 47 heavy (non-hydrogen) atoms. The molecule has 0 aliphatic heterocycles. The summed E-state index contributed by atoms with van der Waals surface area (Å²) in [4.78, 5) is 0. The van der Waals surface area contributed by atoms with Gasteiger partial charge < -0.3 is 0 Å². The Morgan fingerprint density at radius 1 is 0.383 bits per heavy atom. The van der Waals surface area contributed by atoms with Gasteiger partial charge in [0.15, 0.2) is 0 Å². The molecule has 269 valence electrons. The first-order chi connectivity index (χ1) is 23.3. The van der Waals surface area contributed by atoms with E-state index < -0.39 is 0 Å². The average Bonchev–Trinajstić information content (AvgIpc) is 3.16. The molecule has 6 aliphatic carbocycles. The second-order valence-corrected chi connectivity index (χ2v) is 24.2. The standard InChI is InChI=1S/2C18H33P.C7H6.ClH.Ru/c2*1-4-10-16(11-5-1)19(17-12-6-2-7-13-17)18-14-8-3-9-15-18;1-7-5-3-2-4-6-7;;/h2*16-18H,1-15H2;1-6H;1H;/q;;;;+1/p-1. The number of benzene rings is 1. The van der Waals surface area contributed by atoms with E-state index in [1.807, 2.05) is 18.2 Å². The molecule has 0 nitrogen and oxygen atoms in total. The molecule has 0 spiro atoms. The monoisotopic (exact) mass is 787 g/mol. The Kier molecular flexibility index (Phi) is 19.5. The second kappa shape index (κ2) is 23.4. The fourth-order valence-electron chi connectivity index (χ4n) is 10.6. The van der Waals surface area contributed by atoms with Crippen molar-refractivity contribution in [2.75, 3.05) is 0 Å². The van der Waals surface area contributed by atoms with Crippen molar-refractivity contribution in [3.8, 4) is 0 Å². The Labute approximate surface area is 306 Å². The molecule has 1 aromatic rings. The van der Waals surface area contributed by atoms with Crippen LogP contribution in [0, 0.1) is 0 Å². The van der Waals surface area contributed by atoms with Gasteiger partial charge in [-0.3, -0.25) is 0 Å². The van der Waals surface area contributed by atoms with Crippen molar-refractivity contribution >= 4 is 30.1 Å². The summed E-state index contributed by atoms with van der Waals surface area (Å²) < 4.78 is 2.06. The fourth-order valence-corrected chi connectivity index (χ4v) is 21.1. The average molecular weight is 788 g/mol. The third kappa shape index (κ3) is 13.4. The minimum absolute atomic E-state index is 0.0765. The molecule has 6 aliphatic rings. The van der Waals surface area contributed by atoms with Gasteiger partial charge in [0, 0.05) is 0 Å². The van der Waals surface area contributed by atoms with Crippen molar-refractivity contribution in [1.82, 2.24) is 0 Å². The van der Waals surface area contributed by atoms with Gasteiger partial charge in [0.05, 0.1) is 0 Å². The van der Waals surface area contributed by atoms with Crippen LogP contribution in [0.15, 0.2) is 30.3 Å². The first-order valence-electron chi connectivity index (χ1n) is 21.0. The Hall–Kier alpha value is 0.863. The first-order valence-corrected chi connectivity index (χ1v) is 27.3. The Morgan fingerprint density at radius 3 is 0.830 bits per heavy atom. The maximum atomic E-state index is 5.57. The molecule has 1 aromatic carbocycles. The molecule has 7 rings (SSSR count). The molecule has 0 saturated heterocycles. The molecule has 4 heteroatoms. The summed E-state index contributed by atoms with van der Waals surface area (Å²) in [6.45, 7) is 0. The molecular weight excluding hydrogens is 715 g/mol. The van der Waals surface area contributed by atoms with E-state index in [4.69, 9.17) is 9.69 Å². The number of hydrogen-bond donors (Lipinski definition) is 0. The van der Waals surface area contributed by atoms with Crippen LogP contribution in [0.25, 0.3) is 0 Å². The number of rotatable bonds is 7. The molecule has 0 amide bonds. The molecule has 6 fully saturated rings. The van der Waals surface area contributed by atoms with Gasteiger partial charge in [0.2, 0.25) is 0 Å². The second-order valence-electron chi connectivity index (χ2n) is 16.2. The Bertz CT molecular complexity index is 794. The van der Waals surface area contributed by atoms with Crippen LogP contribution in [0.4, 0.5) is 0 Å². The normalized spacial score (nSPS) is 25.5. The fraction of sp³-hybridized carbons (Fsp3) is 0.837. The summed E-state index contributed by atoms with van der Waals surface area (Å²) >= 11 is -0.0765. The summed E-state index contributed by atoms with van der Waals surface area (Å²) in [5.41, 5.74) is 8.37. The van der Waals surface area contributed by atoms with Gasteiger partial charge in [0.1, 0.15) is 0 Å². The van der Waals surface area contributed by atoms with Crippen LogP contribution in [0.3, 0.4) is 0 Å². The number of halogens is 1. The predicted molar refractivity (Wildman–Crippen MR) is 213 cm³/mol. The van der Waals surface area contributed by atoms with Crippen molar-refractivity contribution in [1.29, 1.82) is 0 Å². The van der Waals surface area contributed by atoms with E-state index in [-0.39, 0.29) is 15.7 Å². The molecular formula is C43H72ClP2Ru.